The quantitative estimate of drug-likeness (QED) is 0.809. The first-order chi connectivity index (χ1) is 12.3. The van der Waals surface area contributed by atoms with Crippen LogP contribution in [0, 0.1) is 11.3 Å². The van der Waals surface area contributed by atoms with E-state index in [0.29, 0.717) is 25.4 Å². The van der Waals surface area contributed by atoms with E-state index in [0.717, 1.165) is 5.56 Å². The summed E-state index contributed by atoms with van der Waals surface area (Å²) in [5.41, 5.74) is 0.835. The maximum atomic E-state index is 12.9. The molecule has 1 saturated heterocycles. The molecule has 1 heterocycles. The molecule has 0 aromatic heterocycles. The standard InChI is InChI=1S/C20H30N2O4/c1-20(2,3)13-21-19(24)15-12-17(23)22(10-11-25-4)18(15)14-8-6-7-9-16(14)26-5/h6-9,15,18H,10-13H2,1-5H3,(H,21,24)/t15-,18+/m1/s1. The fraction of sp³-hybridized carbons (Fsp3) is 0.600. The van der Waals surface area contributed by atoms with Gasteiger partial charge in [0.1, 0.15) is 5.75 Å². The highest BCUT2D eigenvalue weighted by atomic mass is 16.5. The van der Waals surface area contributed by atoms with Crippen molar-refractivity contribution in [1.29, 1.82) is 0 Å². The molecule has 1 aliphatic rings. The zero-order chi connectivity index (χ0) is 19.3. The first kappa shape index (κ1) is 20.2. The number of nitrogens with one attached hydrogen (secondary N) is 1. The molecule has 1 aromatic rings. The second-order valence-electron chi connectivity index (χ2n) is 7.86. The lowest BCUT2D eigenvalue weighted by atomic mass is 9.91. The number of likely N-dealkylation sites (tertiary alicyclic amines) is 1. The molecule has 0 radical (unpaired) electrons. The molecule has 0 spiro atoms. The summed E-state index contributed by atoms with van der Waals surface area (Å²) >= 11 is 0. The third-order valence-corrected chi connectivity index (χ3v) is 4.56. The van der Waals surface area contributed by atoms with Crippen molar-refractivity contribution in [2.75, 3.05) is 33.9 Å². The van der Waals surface area contributed by atoms with Gasteiger partial charge in [-0.15, -0.1) is 0 Å². The van der Waals surface area contributed by atoms with Gasteiger partial charge in [-0.3, -0.25) is 9.59 Å². The summed E-state index contributed by atoms with van der Waals surface area (Å²) in [5.74, 6) is 0.110. The van der Waals surface area contributed by atoms with Crippen LogP contribution in [-0.2, 0) is 14.3 Å². The number of methoxy groups -OCH3 is 2. The molecule has 26 heavy (non-hydrogen) atoms. The Hall–Kier alpha value is -2.08. The van der Waals surface area contributed by atoms with Crippen LogP contribution in [0.2, 0.25) is 0 Å². The summed E-state index contributed by atoms with van der Waals surface area (Å²) in [6.45, 7) is 7.63. The molecule has 0 bridgehead atoms. The summed E-state index contributed by atoms with van der Waals surface area (Å²) in [7, 11) is 3.20. The third kappa shape index (κ3) is 4.75. The van der Waals surface area contributed by atoms with E-state index < -0.39 is 5.92 Å². The van der Waals surface area contributed by atoms with Gasteiger partial charge in [0.25, 0.3) is 0 Å². The first-order valence-electron chi connectivity index (χ1n) is 8.97. The molecule has 6 nitrogen and oxygen atoms in total. The average molecular weight is 362 g/mol. The fourth-order valence-corrected chi connectivity index (χ4v) is 3.26. The van der Waals surface area contributed by atoms with Gasteiger partial charge in [-0.2, -0.15) is 0 Å². The predicted octanol–water partition coefficient (Wildman–Crippen LogP) is 2.39. The van der Waals surface area contributed by atoms with E-state index in [9.17, 15) is 9.59 Å². The van der Waals surface area contributed by atoms with Crippen molar-refractivity contribution in [3.63, 3.8) is 0 Å². The average Bonchev–Trinajstić information content (AvgIpc) is 2.93. The number of para-hydroxylation sites is 1. The van der Waals surface area contributed by atoms with E-state index in [1.807, 2.05) is 24.3 Å². The van der Waals surface area contributed by atoms with Gasteiger partial charge in [0.05, 0.1) is 25.7 Å². The van der Waals surface area contributed by atoms with Gasteiger partial charge >= 0.3 is 0 Å². The molecule has 0 unspecified atom stereocenters. The molecule has 1 aliphatic heterocycles. The summed E-state index contributed by atoms with van der Waals surface area (Å²) in [5, 5.41) is 3.01. The number of amides is 2. The fourth-order valence-electron chi connectivity index (χ4n) is 3.26. The number of rotatable bonds is 7. The number of hydrogen-bond acceptors (Lipinski definition) is 4. The van der Waals surface area contributed by atoms with Crippen molar-refractivity contribution < 1.29 is 19.1 Å². The minimum atomic E-state index is -0.446. The van der Waals surface area contributed by atoms with Gasteiger partial charge in [0.2, 0.25) is 11.8 Å². The predicted molar refractivity (Wildman–Crippen MR) is 99.9 cm³/mol. The minimum Gasteiger partial charge on any atom is -0.496 e. The number of nitrogens with zero attached hydrogens (tertiary/aromatic N) is 1. The van der Waals surface area contributed by atoms with E-state index >= 15 is 0 Å². The van der Waals surface area contributed by atoms with Crippen LogP contribution in [0.25, 0.3) is 0 Å². The lowest BCUT2D eigenvalue weighted by Crippen LogP contribution is -2.39. The molecule has 2 amide bonds. The van der Waals surface area contributed by atoms with Gasteiger partial charge in [-0.05, 0) is 11.5 Å². The van der Waals surface area contributed by atoms with Crippen LogP contribution in [0.5, 0.6) is 5.75 Å². The summed E-state index contributed by atoms with van der Waals surface area (Å²) in [6, 6.07) is 7.21. The van der Waals surface area contributed by atoms with Crippen LogP contribution in [0.1, 0.15) is 38.8 Å². The Morgan fingerprint density at radius 3 is 2.58 bits per heavy atom. The van der Waals surface area contributed by atoms with E-state index in [1.54, 1.807) is 19.1 Å². The lowest BCUT2D eigenvalue weighted by molar-refractivity contribution is -0.129. The van der Waals surface area contributed by atoms with Gasteiger partial charge in [0, 0.05) is 32.2 Å². The van der Waals surface area contributed by atoms with Gasteiger partial charge < -0.3 is 19.7 Å². The zero-order valence-electron chi connectivity index (χ0n) is 16.4. The SMILES string of the molecule is COCCN1C(=O)C[C@@H](C(=O)NCC(C)(C)C)[C@@H]1c1ccccc1OC. The number of carbonyl (C=O) groups is 2. The largest absolute Gasteiger partial charge is 0.496 e. The number of ether oxygens (including phenoxy) is 2. The molecule has 1 fully saturated rings. The Morgan fingerprint density at radius 1 is 1.27 bits per heavy atom. The Morgan fingerprint density at radius 2 is 1.96 bits per heavy atom. The maximum Gasteiger partial charge on any atom is 0.226 e. The zero-order valence-corrected chi connectivity index (χ0v) is 16.4. The molecule has 0 saturated carbocycles. The van der Waals surface area contributed by atoms with Crippen LogP contribution in [0.4, 0.5) is 0 Å². The van der Waals surface area contributed by atoms with Crippen LogP contribution < -0.4 is 10.1 Å². The number of hydrogen-bond donors (Lipinski definition) is 1. The van der Waals surface area contributed by atoms with Crippen LogP contribution in [-0.4, -0.2) is 50.6 Å². The minimum absolute atomic E-state index is 0.0199. The van der Waals surface area contributed by atoms with Gasteiger partial charge in [-0.25, -0.2) is 0 Å². The molecule has 1 aromatic carbocycles. The van der Waals surface area contributed by atoms with Crippen molar-refractivity contribution in [2.24, 2.45) is 11.3 Å². The highest BCUT2D eigenvalue weighted by molar-refractivity contribution is 5.90. The van der Waals surface area contributed by atoms with Crippen LogP contribution in [0.15, 0.2) is 24.3 Å². The molecule has 0 aliphatic carbocycles. The van der Waals surface area contributed by atoms with Gasteiger partial charge in [0.15, 0.2) is 0 Å². The van der Waals surface area contributed by atoms with E-state index in [-0.39, 0.29) is 29.7 Å². The highest BCUT2D eigenvalue weighted by Crippen LogP contribution is 2.41. The normalized spacial score (nSPS) is 20.3. The van der Waals surface area contributed by atoms with E-state index in [2.05, 4.69) is 26.1 Å². The number of carbonyl (C=O) groups excluding carboxylic acids is 2. The van der Waals surface area contributed by atoms with E-state index in [4.69, 9.17) is 9.47 Å². The summed E-state index contributed by atoms with van der Waals surface area (Å²) in [4.78, 5) is 27.2. The van der Waals surface area contributed by atoms with Crippen molar-refractivity contribution in [3.05, 3.63) is 29.8 Å². The third-order valence-electron chi connectivity index (χ3n) is 4.56. The molecule has 144 valence electrons. The van der Waals surface area contributed by atoms with Crippen molar-refractivity contribution in [3.8, 4) is 5.75 Å². The van der Waals surface area contributed by atoms with Crippen molar-refractivity contribution >= 4 is 11.8 Å². The molecule has 6 heteroatoms. The Kier molecular flexibility index (Phi) is 6.64. The Balaban J connectivity index is 2.33. The van der Waals surface area contributed by atoms with Crippen LogP contribution in [0.3, 0.4) is 0 Å². The Labute approximate surface area is 155 Å². The summed E-state index contributed by atoms with van der Waals surface area (Å²) < 4.78 is 10.6. The molecular weight excluding hydrogens is 332 g/mol. The van der Waals surface area contributed by atoms with Crippen LogP contribution >= 0.6 is 0 Å². The number of benzene rings is 1. The van der Waals surface area contributed by atoms with E-state index in [1.165, 1.54) is 0 Å². The molecule has 2 atom stereocenters. The first-order valence-corrected chi connectivity index (χ1v) is 8.97. The maximum absolute atomic E-state index is 12.9. The molecule has 2 rings (SSSR count). The smallest absolute Gasteiger partial charge is 0.226 e. The molecular formula is C20H30N2O4. The second-order valence-corrected chi connectivity index (χ2v) is 7.86. The Bertz CT molecular complexity index is 639. The lowest BCUT2D eigenvalue weighted by Gasteiger charge is -2.30. The molecule has 1 N–H and O–H groups in total. The van der Waals surface area contributed by atoms with Gasteiger partial charge in [-0.1, -0.05) is 39.0 Å². The summed E-state index contributed by atoms with van der Waals surface area (Å²) in [6.07, 6.45) is 0.197. The monoisotopic (exact) mass is 362 g/mol. The highest BCUT2D eigenvalue weighted by Gasteiger charge is 2.45. The second kappa shape index (κ2) is 8.54. The van der Waals surface area contributed by atoms with Crippen molar-refractivity contribution in [2.45, 2.75) is 33.2 Å². The van der Waals surface area contributed by atoms with Crippen molar-refractivity contribution in [1.82, 2.24) is 10.2 Å². The topological polar surface area (TPSA) is 67.9 Å².